The molecule has 6 heteroatoms. The largest absolute Gasteiger partial charge is 0.493 e. The van der Waals surface area contributed by atoms with E-state index in [1.807, 2.05) is 41.9 Å². The first-order valence-electron chi connectivity index (χ1n) is 10.2. The summed E-state index contributed by atoms with van der Waals surface area (Å²) in [5.41, 5.74) is 4.37. The second-order valence-electron chi connectivity index (χ2n) is 7.66. The van der Waals surface area contributed by atoms with Crippen LogP contribution in [0, 0.1) is 6.92 Å². The average Bonchev–Trinajstić information content (AvgIpc) is 3.12. The van der Waals surface area contributed by atoms with Crippen molar-refractivity contribution in [1.82, 2.24) is 9.78 Å². The maximum Gasteiger partial charge on any atom is 0.233 e. The number of nitrogens with one attached hydrogen (secondary N) is 1. The van der Waals surface area contributed by atoms with Crippen LogP contribution in [0.2, 0.25) is 0 Å². The van der Waals surface area contributed by atoms with Crippen LogP contribution in [0.4, 0.5) is 5.82 Å². The monoisotopic (exact) mass is 405 g/mol. The number of fused-ring (bicyclic) bond motifs is 1. The molecule has 0 radical (unpaired) electrons. The molecule has 1 amide bonds. The van der Waals surface area contributed by atoms with Crippen LogP contribution in [0.1, 0.15) is 41.0 Å². The van der Waals surface area contributed by atoms with Gasteiger partial charge in [-0.25, -0.2) is 4.68 Å². The van der Waals surface area contributed by atoms with Gasteiger partial charge in [0.25, 0.3) is 0 Å². The number of ether oxygens (including phenoxy) is 2. The molecule has 1 heterocycles. The standard InChI is InChI=1S/C24H27N3O3/c1-16-14-25-27(15-17-11-12-21(29-2)22(13-17)30-3)23(16)26-24(28)20-10-6-8-18-7-4-5-9-19(18)20/h4-5,7,9,11-14,20H,6,8,10,15H2,1-3H3,(H,26,28). The molecule has 1 N–H and O–H groups in total. The van der Waals surface area contributed by atoms with Crippen LogP contribution in [-0.2, 0) is 17.8 Å². The predicted molar refractivity (Wildman–Crippen MR) is 116 cm³/mol. The Bertz CT molecular complexity index is 1060. The van der Waals surface area contributed by atoms with Gasteiger partial charge < -0.3 is 14.8 Å². The van der Waals surface area contributed by atoms with Crippen molar-refractivity contribution in [2.75, 3.05) is 19.5 Å². The van der Waals surface area contributed by atoms with E-state index in [1.54, 1.807) is 20.4 Å². The van der Waals surface area contributed by atoms with Crippen molar-refractivity contribution in [3.63, 3.8) is 0 Å². The highest BCUT2D eigenvalue weighted by molar-refractivity contribution is 5.96. The van der Waals surface area contributed by atoms with Crippen LogP contribution in [-0.4, -0.2) is 29.9 Å². The smallest absolute Gasteiger partial charge is 0.233 e. The molecule has 3 aromatic rings. The number of aromatic nitrogens is 2. The Balaban J connectivity index is 1.56. The fraction of sp³-hybridized carbons (Fsp3) is 0.333. The van der Waals surface area contributed by atoms with Crippen molar-refractivity contribution in [3.05, 3.63) is 70.9 Å². The SMILES string of the molecule is COc1ccc(Cn2ncc(C)c2NC(=O)C2CCCc3ccccc32)cc1OC. The Kier molecular flexibility index (Phi) is 5.74. The topological polar surface area (TPSA) is 65.4 Å². The lowest BCUT2D eigenvalue weighted by molar-refractivity contribution is -0.117. The normalized spacial score (nSPS) is 15.4. The lowest BCUT2D eigenvalue weighted by atomic mass is 9.82. The van der Waals surface area contributed by atoms with Crippen LogP contribution < -0.4 is 14.8 Å². The molecular formula is C24H27N3O3. The van der Waals surface area contributed by atoms with Crippen molar-refractivity contribution in [1.29, 1.82) is 0 Å². The summed E-state index contributed by atoms with van der Waals surface area (Å²) < 4.78 is 12.5. The minimum atomic E-state index is -0.126. The zero-order chi connectivity index (χ0) is 21.1. The summed E-state index contributed by atoms with van der Waals surface area (Å²) in [6, 6.07) is 14.0. The van der Waals surface area contributed by atoms with E-state index in [0.29, 0.717) is 18.0 Å². The van der Waals surface area contributed by atoms with E-state index < -0.39 is 0 Å². The van der Waals surface area contributed by atoms with Gasteiger partial charge in [0.05, 0.1) is 32.9 Å². The minimum Gasteiger partial charge on any atom is -0.493 e. The summed E-state index contributed by atoms with van der Waals surface area (Å²) in [5.74, 6) is 1.99. The second kappa shape index (κ2) is 8.61. The number of benzene rings is 2. The zero-order valence-corrected chi connectivity index (χ0v) is 17.6. The fourth-order valence-corrected chi connectivity index (χ4v) is 4.14. The maximum absolute atomic E-state index is 13.2. The first-order valence-corrected chi connectivity index (χ1v) is 10.2. The number of aryl methyl sites for hydroxylation is 2. The number of methoxy groups -OCH3 is 2. The number of hydrogen-bond donors (Lipinski definition) is 1. The molecule has 1 atom stereocenters. The van der Waals surface area contributed by atoms with E-state index in [9.17, 15) is 4.79 Å². The molecule has 1 aliphatic rings. The third-order valence-electron chi connectivity index (χ3n) is 5.73. The highest BCUT2D eigenvalue weighted by Gasteiger charge is 2.27. The van der Waals surface area contributed by atoms with Crippen LogP contribution in [0.3, 0.4) is 0 Å². The molecule has 0 bridgehead atoms. The highest BCUT2D eigenvalue weighted by atomic mass is 16.5. The molecule has 0 fully saturated rings. The van der Waals surface area contributed by atoms with Gasteiger partial charge >= 0.3 is 0 Å². The first kappa shape index (κ1) is 20.0. The molecule has 1 aliphatic carbocycles. The summed E-state index contributed by atoms with van der Waals surface area (Å²) in [4.78, 5) is 13.2. The lowest BCUT2D eigenvalue weighted by Crippen LogP contribution is -2.26. The van der Waals surface area contributed by atoms with Gasteiger partial charge in [0.1, 0.15) is 5.82 Å². The van der Waals surface area contributed by atoms with Gasteiger partial charge in [-0.05, 0) is 55.0 Å². The van der Waals surface area contributed by atoms with E-state index in [0.717, 1.165) is 41.8 Å². The fourth-order valence-electron chi connectivity index (χ4n) is 4.14. The van der Waals surface area contributed by atoms with Gasteiger partial charge in [0.15, 0.2) is 11.5 Å². The summed E-state index contributed by atoms with van der Waals surface area (Å²) in [5, 5.41) is 7.63. The quantitative estimate of drug-likeness (QED) is 0.663. The minimum absolute atomic E-state index is 0.0271. The average molecular weight is 405 g/mol. The van der Waals surface area contributed by atoms with Gasteiger partial charge in [0.2, 0.25) is 5.91 Å². The van der Waals surface area contributed by atoms with E-state index in [-0.39, 0.29) is 11.8 Å². The van der Waals surface area contributed by atoms with E-state index in [1.165, 1.54) is 5.56 Å². The number of hydrogen-bond acceptors (Lipinski definition) is 4. The zero-order valence-electron chi connectivity index (χ0n) is 17.6. The van der Waals surface area contributed by atoms with E-state index >= 15 is 0 Å². The van der Waals surface area contributed by atoms with Crippen molar-refractivity contribution in [3.8, 4) is 11.5 Å². The lowest BCUT2D eigenvalue weighted by Gasteiger charge is -2.25. The molecule has 2 aromatic carbocycles. The highest BCUT2D eigenvalue weighted by Crippen LogP contribution is 2.33. The Morgan fingerprint density at radius 1 is 1.17 bits per heavy atom. The van der Waals surface area contributed by atoms with Gasteiger partial charge in [0, 0.05) is 5.56 Å². The Morgan fingerprint density at radius 2 is 1.97 bits per heavy atom. The Labute approximate surface area is 176 Å². The summed E-state index contributed by atoms with van der Waals surface area (Å²) in [7, 11) is 3.23. The van der Waals surface area contributed by atoms with Gasteiger partial charge in [-0.2, -0.15) is 5.10 Å². The summed E-state index contributed by atoms with van der Waals surface area (Å²) in [6.45, 7) is 2.48. The first-order chi connectivity index (χ1) is 14.6. The second-order valence-corrected chi connectivity index (χ2v) is 7.66. The van der Waals surface area contributed by atoms with Crippen molar-refractivity contribution < 1.29 is 14.3 Å². The summed E-state index contributed by atoms with van der Waals surface area (Å²) in [6.07, 6.45) is 4.71. The van der Waals surface area contributed by atoms with E-state index in [4.69, 9.17) is 9.47 Å². The number of nitrogens with zero attached hydrogens (tertiary/aromatic N) is 2. The van der Waals surface area contributed by atoms with Gasteiger partial charge in [-0.15, -0.1) is 0 Å². The predicted octanol–water partition coefficient (Wildman–Crippen LogP) is 4.32. The molecule has 0 spiro atoms. The molecule has 0 saturated heterocycles. The summed E-state index contributed by atoms with van der Waals surface area (Å²) >= 11 is 0. The molecular weight excluding hydrogens is 378 g/mol. The van der Waals surface area contributed by atoms with Gasteiger partial charge in [-0.3, -0.25) is 4.79 Å². The molecule has 1 unspecified atom stereocenters. The molecule has 6 nitrogen and oxygen atoms in total. The number of rotatable bonds is 6. The molecule has 156 valence electrons. The van der Waals surface area contributed by atoms with E-state index in [2.05, 4.69) is 22.5 Å². The Morgan fingerprint density at radius 3 is 2.77 bits per heavy atom. The molecule has 30 heavy (non-hydrogen) atoms. The van der Waals surface area contributed by atoms with Crippen LogP contribution in [0.15, 0.2) is 48.7 Å². The van der Waals surface area contributed by atoms with Crippen LogP contribution >= 0.6 is 0 Å². The third-order valence-corrected chi connectivity index (χ3v) is 5.73. The van der Waals surface area contributed by atoms with Crippen molar-refractivity contribution in [2.24, 2.45) is 0 Å². The molecule has 1 aromatic heterocycles. The number of amides is 1. The molecule has 0 saturated carbocycles. The number of carbonyl (C=O) groups is 1. The third kappa shape index (κ3) is 3.90. The number of anilines is 1. The van der Waals surface area contributed by atoms with Crippen LogP contribution in [0.5, 0.6) is 11.5 Å². The Hall–Kier alpha value is -3.28. The maximum atomic E-state index is 13.2. The van der Waals surface area contributed by atoms with Crippen LogP contribution in [0.25, 0.3) is 0 Å². The molecule has 4 rings (SSSR count). The van der Waals surface area contributed by atoms with Gasteiger partial charge in [-0.1, -0.05) is 30.3 Å². The molecule has 0 aliphatic heterocycles. The van der Waals surface area contributed by atoms with Crippen molar-refractivity contribution in [2.45, 2.75) is 38.6 Å². The van der Waals surface area contributed by atoms with Crippen molar-refractivity contribution >= 4 is 11.7 Å². The number of carbonyl (C=O) groups excluding carboxylic acids is 1.